The van der Waals surface area contributed by atoms with E-state index in [9.17, 15) is 0 Å². The number of thioether (sulfide) groups is 1. The Morgan fingerprint density at radius 3 is 2.74 bits per heavy atom. The lowest BCUT2D eigenvalue weighted by Crippen LogP contribution is -2.12. The number of hydrazine groups is 1. The number of hydrogen-bond acceptors (Lipinski definition) is 9. The zero-order chi connectivity index (χ0) is 13.7. The van der Waals surface area contributed by atoms with E-state index in [1.165, 1.54) is 11.8 Å². The van der Waals surface area contributed by atoms with E-state index < -0.39 is 0 Å². The summed E-state index contributed by atoms with van der Waals surface area (Å²) < 4.78 is 5.02. The van der Waals surface area contributed by atoms with Crippen LogP contribution in [0.15, 0.2) is 15.7 Å². The number of nitrogen functional groups attached to an aromatic ring is 1. The van der Waals surface area contributed by atoms with Gasteiger partial charge in [-0.25, -0.2) is 15.8 Å². The fourth-order valence-electron chi connectivity index (χ4n) is 1.42. The molecule has 0 atom stereocenters. The van der Waals surface area contributed by atoms with Crippen LogP contribution in [0.3, 0.4) is 0 Å². The SMILES string of the molecule is CSc1nc(NN)cc(NCCc2nc(C)no2)n1. The van der Waals surface area contributed by atoms with Gasteiger partial charge in [0.2, 0.25) is 5.89 Å². The Bertz CT molecular complexity index is 522. The van der Waals surface area contributed by atoms with Crippen LogP contribution < -0.4 is 16.6 Å². The van der Waals surface area contributed by atoms with Crippen LogP contribution >= 0.6 is 11.8 Å². The van der Waals surface area contributed by atoms with Gasteiger partial charge in [0, 0.05) is 19.0 Å². The van der Waals surface area contributed by atoms with Crippen LogP contribution in [0.2, 0.25) is 0 Å². The Labute approximate surface area is 114 Å². The molecule has 0 fully saturated rings. The quantitative estimate of drug-likeness (QED) is 0.306. The number of nitrogens with two attached hydrogens (primary N) is 1. The molecule has 2 heterocycles. The fourth-order valence-corrected chi connectivity index (χ4v) is 1.80. The third-order valence-corrected chi connectivity index (χ3v) is 2.80. The molecule has 9 heteroatoms. The summed E-state index contributed by atoms with van der Waals surface area (Å²) in [6.07, 6.45) is 2.53. The minimum absolute atomic E-state index is 0.565. The van der Waals surface area contributed by atoms with Crippen LogP contribution in [0, 0.1) is 6.92 Å². The molecule has 0 saturated heterocycles. The van der Waals surface area contributed by atoms with Gasteiger partial charge in [0.15, 0.2) is 11.0 Å². The van der Waals surface area contributed by atoms with Crippen molar-refractivity contribution in [3.8, 4) is 0 Å². The molecule has 0 unspecified atom stereocenters. The molecular formula is C10H15N7OS. The lowest BCUT2D eigenvalue weighted by atomic mass is 10.4. The zero-order valence-corrected chi connectivity index (χ0v) is 11.5. The summed E-state index contributed by atoms with van der Waals surface area (Å²) in [7, 11) is 0. The smallest absolute Gasteiger partial charge is 0.228 e. The van der Waals surface area contributed by atoms with E-state index in [1.807, 2.05) is 6.26 Å². The highest BCUT2D eigenvalue weighted by Gasteiger charge is 2.05. The zero-order valence-electron chi connectivity index (χ0n) is 10.7. The maximum atomic E-state index is 5.35. The second-order valence-corrected chi connectivity index (χ2v) is 4.45. The van der Waals surface area contributed by atoms with Crippen molar-refractivity contribution in [2.45, 2.75) is 18.5 Å². The van der Waals surface area contributed by atoms with Crippen molar-refractivity contribution in [2.75, 3.05) is 23.5 Å². The molecule has 0 aliphatic carbocycles. The van der Waals surface area contributed by atoms with Crippen molar-refractivity contribution >= 4 is 23.4 Å². The number of aryl methyl sites for hydroxylation is 1. The Kier molecular flexibility index (Phi) is 4.53. The predicted octanol–water partition coefficient (Wildman–Crippen LogP) is 0.830. The fraction of sp³-hybridized carbons (Fsp3) is 0.400. The number of aromatic nitrogens is 4. The van der Waals surface area contributed by atoms with E-state index >= 15 is 0 Å². The van der Waals surface area contributed by atoms with Crippen LogP contribution in [0.4, 0.5) is 11.6 Å². The Morgan fingerprint density at radius 2 is 2.11 bits per heavy atom. The minimum atomic E-state index is 0.565. The van der Waals surface area contributed by atoms with Crippen LogP contribution in [0.25, 0.3) is 0 Å². The van der Waals surface area contributed by atoms with Crippen molar-refractivity contribution in [2.24, 2.45) is 5.84 Å². The molecule has 8 nitrogen and oxygen atoms in total. The number of hydrogen-bond donors (Lipinski definition) is 3. The van der Waals surface area contributed by atoms with Crippen molar-refractivity contribution in [1.29, 1.82) is 0 Å². The van der Waals surface area contributed by atoms with Crippen molar-refractivity contribution in [3.05, 3.63) is 17.8 Å². The van der Waals surface area contributed by atoms with E-state index in [2.05, 4.69) is 30.9 Å². The number of anilines is 2. The van der Waals surface area contributed by atoms with Crippen LogP contribution in [-0.2, 0) is 6.42 Å². The first-order chi connectivity index (χ1) is 9.21. The molecule has 0 aromatic carbocycles. The molecule has 2 aromatic heterocycles. The average Bonchev–Trinajstić information content (AvgIpc) is 2.84. The first-order valence-electron chi connectivity index (χ1n) is 5.64. The van der Waals surface area contributed by atoms with E-state index in [0.29, 0.717) is 41.5 Å². The third kappa shape index (κ3) is 3.80. The topological polar surface area (TPSA) is 115 Å². The predicted molar refractivity (Wildman–Crippen MR) is 72.9 cm³/mol. The molecule has 0 saturated carbocycles. The van der Waals surface area contributed by atoms with E-state index in [-0.39, 0.29) is 0 Å². The monoisotopic (exact) mass is 281 g/mol. The van der Waals surface area contributed by atoms with Gasteiger partial charge in [-0.1, -0.05) is 16.9 Å². The van der Waals surface area contributed by atoms with Gasteiger partial charge in [-0.15, -0.1) is 0 Å². The van der Waals surface area contributed by atoms with Gasteiger partial charge in [0.25, 0.3) is 0 Å². The van der Waals surface area contributed by atoms with Gasteiger partial charge in [-0.2, -0.15) is 4.98 Å². The second-order valence-electron chi connectivity index (χ2n) is 3.68. The first-order valence-corrected chi connectivity index (χ1v) is 6.86. The number of nitrogens with one attached hydrogen (secondary N) is 2. The third-order valence-electron chi connectivity index (χ3n) is 2.25. The van der Waals surface area contributed by atoms with E-state index in [4.69, 9.17) is 10.4 Å². The molecule has 0 radical (unpaired) electrons. The largest absolute Gasteiger partial charge is 0.369 e. The lowest BCUT2D eigenvalue weighted by molar-refractivity contribution is 0.377. The van der Waals surface area contributed by atoms with Crippen LogP contribution in [0.1, 0.15) is 11.7 Å². The van der Waals surface area contributed by atoms with Crippen LogP contribution in [0.5, 0.6) is 0 Å². The summed E-state index contributed by atoms with van der Waals surface area (Å²) in [6.45, 7) is 2.42. The van der Waals surface area contributed by atoms with Crippen molar-refractivity contribution in [1.82, 2.24) is 20.1 Å². The molecule has 102 valence electrons. The van der Waals surface area contributed by atoms with Gasteiger partial charge in [-0.05, 0) is 13.2 Å². The van der Waals surface area contributed by atoms with Gasteiger partial charge in [0.1, 0.15) is 11.6 Å². The highest BCUT2D eigenvalue weighted by atomic mass is 32.2. The molecule has 0 aliphatic rings. The van der Waals surface area contributed by atoms with Gasteiger partial charge >= 0.3 is 0 Å². The highest BCUT2D eigenvalue weighted by Crippen LogP contribution is 2.16. The minimum Gasteiger partial charge on any atom is -0.369 e. The van der Waals surface area contributed by atoms with Gasteiger partial charge in [0.05, 0.1) is 0 Å². The molecule has 0 spiro atoms. The van der Waals surface area contributed by atoms with Crippen molar-refractivity contribution < 1.29 is 4.52 Å². The molecule has 4 N–H and O–H groups in total. The number of nitrogens with zero attached hydrogens (tertiary/aromatic N) is 4. The summed E-state index contributed by atoms with van der Waals surface area (Å²) >= 11 is 1.45. The molecule has 0 aliphatic heterocycles. The molecular weight excluding hydrogens is 266 g/mol. The average molecular weight is 281 g/mol. The number of rotatable bonds is 6. The van der Waals surface area contributed by atoms with Gasteiger partial charge < -0.3 is 15.3 Å². The Morgan fingerprint density at radius 1 is 1.32 bits per heavy atom. The Balaban J connectivity index is 1.95. The van der Waals surface area contributed by atoms with Gasteiger partial charge in [-0.3, -0.25) is 0 Å². The lowest BCUT2D eigenvalue weighted by Gasteiger charge is -2.07. The summed E-state index contributed by atoms with van der Waals surface area (Å²) in [5.74, 6) is 7.85. The van der Waals surface area contributed by atoms with Crippen molar-refractivity contribution in [3.63, 3.8) is 0 Å². The summed E-state index contributed by atoms with van der Waals surface area (Å²) in [5.41, 5.74) is 2.51. The maximum absolute atomic E-state index is 5.35. The summed E-state index contributed by atoms with van der Waals surface area (Å²) in [6, 6.07) is 1.73. The summed E-state index contributed by atoms with van der Waals surface area (Å²) in [5, 5.41) is 7.54. The van der Waals surface area contributed by atoms with E-state index in [0.717, 1.165) is 0 Å². The summed E-state index contributed by atoms with van der Waals surface area (Å²) in [4.78, 5) is 12.6. The van der Waals surface area contributed by atoms with Crippen LogP contribution in [-0.4, -0.2) is 32.9 Å². The first kappa shape index (κ1) is 13.6. The molecule has 2 rings (SSSR count). The normalized spacial score (nSPS) is 10.5. The molecule has 2 aromatic rings. The molecule has 0 bridgehead atoms. The van der Waals surface area contributed by atoms with E-state index in [1.54, 1.807) is 13.0 Å². The maximum Gasteiger partial charge on any atom is 0.228 e. The highest BCUT2D eigenvalue weighted by molar-refractivity contribution is 7.98. The molecule has 19 heavy (non-hydrogen) atoms. The Hall–Kier alpha value is -1.87. The standard InChI is InChI=1S/C10H15N7OS/c1-6-13-9(18-17-6)3-4-12-7-5-8(16-11)15-10(14-7)19-2/h5H,3-4,11H2,1-2H3,(H2,12,14,15,16). The molecule has 0 amide bonds. The second kappa shape index (κ2) is 6.34.